The summed E-state index contributed by atoms with van der Waals surface area (Å²) in [6.07, 6.45) is 4.08. The molecule has 2 aromatic carbocycles. The predicted molar refractivity (Wildman–Crippen MR) is 158 cm³/mol. The van der Waals surface area contributed by atoms with Crippen molar-refractivity contribution in [2.45, 2.75) is 53.5 Å². The predicted octanol–water partition coefficient (Wildman–Crippen LogP) is 4.07. The van der Waals surface area contributed by atoms with Crippen LogP contribution in [0.2, 0.25) is 0 Å². The second-order valence-electron chi connectivity index (χ2n) is 11.4. The van der Waals surface area contributed by atoms with Crippen molar-refractivity contribution in [3.63, 3.8) is 0 Å². The van der Waals surface area contributed by atoms with Crippen molar-refractivity contribution in [1.29, 1.82) is 0 Å². The summed E-state index contributed by atoms with van der Waals surface area (Å²) in [6.45, 7) is 9.11. The lowest BCUT2D eigenvalue weighted by Gasteiger charge is -2.33. The molecule has 3 atom stereocenters. The Hall–Kier alpha value is -4.31. The molecule has 0 unspecified atom stereocenters. The third-order valence-corrected chi connectivity index (χ3v) is 7.12. The molecule has 10 nitrogen and oxygen atoms in total. The smallest absolute Gasteiger partial charge is 0.263 e. The highest BCUT2D eigenvalue weighted by Gasteiger charge is 2.43. The van der Waals surface area contributed by atoms with Gasteiger partial charge < -0.3 is 0 Å². The van der Waals surface area contributed by atoms with Crippen molar-refractivity contribution in [2.75, 3.05) is 6.54 Å². The van der Waals surface area contributed by atoms with E-state index in [0.717, 1.165) is 15.5 Å². The van der Waals surface area contributed by atoms with Crippen LogP contribution >= 0.6 is 0 Å². The molecule has 2 aromatic rings. The molecule has 0 radical (unpaired) electrons. The zero-order valence-corrected chi connectivity index (χ0v) is 24.7. The van der Waals surface area contributed by atoms with Crippen LogP contribution in [-0.4, -0.2) is 57.2 Å². The van der Waals surface area contributed by atoms with Crippen LogP contribution in [0.1, 0.15) is 73.7 Å². The number of amides is 5. The van der Waals surface area contributed by atoms with E-state index in [2.05, 4.69) is 5.43 Å². The van der Waals surface area contributed by atoms with E-state index < -0.39 is 47.4 Å². The molecule has 0 fully saturated rings. The van der Waals surface area contributed by atoms with E-state index in [-0.39, 0.29) is 35.9 Å². The molecule has 5 amide bonds. The number of hydrogen-bond donors (Lipinski definition) is 3. The molecule has 0 saturated heterocycles. The van der Waals surface area contributed by atoms with Gasteiger partial charge >= 0.3 is 0 Å². The summed E-state index contributed by atoms with van der Waals surface area (Å²) in [5.41, 5.74) is 5.74. The molecule has 1 aliphatic heterocycles. The highest BCUT2D eigenvalue weighted by molar-refractivity contribution is 6.22. The normalized spacial score (nSPS) is 15.1. The van der Waals surface area contributed by atoms with Gasteiger partial charge in [-0.2, -0.15) is 0 Å². The number of benzene rings is 2. The lowest BCUT2D eigenvalue weighted by Crippen LogP contribution is -2.57. The summed E-state index contributed by atoms with van der Waals surface area (Å²) in [5, 5.41) is 10.6. The molecule has 3 N–H and O–H groups in total. The number of hydroxylamine groups is 1. The van der Waals surface area contributed by atoms with E-state index in [1.807, 2.05) is 64.1 Å². The molecule has 0 saturated carbocycles. The van der Waals surface area contributed by atoms with Gasteiger partial charge in [-0.1, -0.05) is 82.3 Å². The molecule has 10 heteroatoms. The maximum Gasteiger partial charge on any atom is 0.263 e. The number of hydrazine groups is 1. The van der Waals surface area contributed by atoms with E-state index in [1.165, 1.54) is 19.1 Å². The van der Waals surface area contributed by atoms with E-state index in [0.29, 0.717) is 6.42 Å². The standard InChI is InChI=1S/C32H40N4O6/c1-20(2)18-27(24(29(38)34-42)17-11-14-23-12-7-6-8-13-23)28(37)33-35(19-21(3)4)30(39)22(5)36-31(40)25-15-9-10-16-26(25)32(36)41/h6-16,20-22,24,27,42H,17-19H2,1-5H3,(H,33,37)(H,34,38)/b14-11+/t22-,24-,27+/m0/s1. The van der Waals surface area contributed by atoms with Crippen LogP contribution in [0, 0.1) is 23.7 Å². The van der Waals surface area contributed by atoms with E-state index in [4.69, 9.17) is 0 Å². The number of allylic oxidation sites excluding steroid dienone is 1. The van der Waals surface area contributed by atoms with Gasteiger partial charge in [-0.15, -0.1) is 0 Å². The number of carbonyl (C=O) groups is 5. The molecule has 42 heavy (non-hydrogen) atoms. The Kier molecular flexibility index (Phi) is 11.2. The molecule has 0 aliphatic carbocycles. The van der Waals surface area contributed by atoms with Gasteiger partial charge in [0.15, 0.2) is 0 Å². The van der Waals surface area contributed by atoms with Gasteiger partial charge in [0.2, 0.25) is 11.8 Å². The quantitative estimate of drug-likeness (QED) is 0.198. The molecule has 1 heterocycles. The van der Waals surface area contributed by atoms with Crippen molar-refractivity contribution < 1.29 is 29.2 Å². The van der Waals surface area contributed by atoms with Gasteiger partial charge in [0.1, 0.15) is 6.04 Å². The highest BCUT2D eigenvalue weighted by atomic mass is 16.5. The van der Waals surface area contributed by atoms with Gasteiger partial charge in [-0.3, -0.25) is 44.5 Å². The van der Waals surface area contributed by atoms with Crippen LogP contribution in [0.4, 0.5) is 0 Å². The van der Waals surface area contributed by atoms with Crippen LogP contribution in [0.15, 0.2) is 60.7 Å². The summed E-state index contributed by atoms with van der Waals surface area (Å²) in [7, 11) is 0. The monoisotopic (exact) mass is 576 g/mol. The van der Waals surface area contributed by atoms with Crippen LogP contribution < -0.4 is 10.9 Å². The first-order chi connectivity index (χ1) is 20.0. The number of nitrogens with one attached hydrogen (secondary N) is 2. The van der Waals surface area contributed by atoms with Crippen LogP contribution in [-0.2, 0) is 14.4 Å². The third-order valence-electron chi connectivity index (χ3n) is 7.12. The summed E-state index contributed by atoms with van der Waals surface area (Å²) in [4.78, 5) is 67.3. The van der Waals surface area contributed by atoms with Crippen molar-refractivity contribution in [3.05, 3.63) is 77.4 Å². The van der Waals surface area contributed by atoms with E-state index in [1.54, 1.807) is 23.7 Å². The summed E-state index contributed by atoms with van der Waals surface area (Å²) < 4.78 is 0. The fourth-order valence-corrected chi connectivity index (χ4v) is 5.08. The van der Waals surface area contributed by atoms with Gasteiger partial charge in [0.25, 0.3) is 17.7 Å². The first-order valence-electron chi connectivity index (χ1n) is 14.2. The third kappa shape index (κ3) is 7.70. The SMILES string of the molecule is CC(C)C[C@@H](C(=O)NN(CC(C)C)C(=O)[C@H](C)N1C(=O)c2ccccc2C1=O)[C@H](C/C=C/c1ccccc1)C(=O)NO. The Bertz CT molecular complexity index is 1290. The molecule has 3 rings (SSSR count). The Labute approximate surface area is 246 Å². The zero-order valence-electron chi connectivity index (χ0n) is 24.7. The molecule has 0 aromatic heterocycles. The topological polar surface area (TPSA) is 136 Å². The minimum absolute atomic E-state index is 0.0133. The van der Waals surface area contributed by atoms with Crippen LogP contribution in [0.25, 0.3) is 6.08 Å². The van der Waals surface area contributed by atoms with Gasteiger partial charge in [-0.25, -0.2) is 5.48 Å². The van der Waals surface area contributed by atoms with Gasteiger partial charge in [0, 0.05) is 6.54 Å². The van der Waals surface area contributed by atoms with Crippen molar-refractivity contribution in [2.24, 2.45) is 23.7 Å². The summed E-state index contributed by atoms with van der Waals surface area (Å²) in [6, 6.07) is 14.6. The Balaban J connectivity index is 1.85. The van der Waals surface area contributed by atoms with Gasteiger partial charge in [0.05, 0.1) is 23.0 Å². The van der Waals surface area contributed by atoms with Crippen LogP contribution in [0.5, 0.6) is 0 Å². The minimum atomic E-state index is -1.19. The maximum absolute atomic E-state index is 13.8. The fraction of sp³-hybridized carbons (Fsp3) is 0.406. The van der Waals surface area contributed by atoms with E-state index in [9.17, 15) is 29.2 Å². The molecule has 224 valence electrons. The largest absolute Gasteiger partial charge is 0.289 e. The molecular formula is C32H40N4O6. The average molecular weight is 577 g/mol. The van der Waals surface area contributed by atoms with E-state index >= 15 is 0 Å². The molecular weight excluding hydrogens is 536 g/mol. The first-order valence-corrected chi connectivity index (χ1v) is 14.2. The number of rotatable bonds is 12. The highest BCUT2D eigenvalue weighted by Crippen LogP contribution is 2.27. The Morgan fingerprint density at radius 2 is 1.40 bits per heavy atom. The molecule has 1 aliphatic rings. The summed E-state index contributed by atoms with van der Waals surface area (Å²) >= 11 is 0. The molecule has 0 spiro atoms. The lowest BCUT2D eigenvalue weighted by atomic mass is 9.82. The number of imide groups is 1. The first kappa shape index (κ1) is 32.2. The Morgan fingerprint density at radius 3 is 1.93 bits per heavy atom. The number of fused-ring (bicyclic) bond motifs is 1. The van der Waals surface area contributed by atoms with Crippen molar-refractivity contribution in [3.8, 4) is 0 Å². The van der Waals surface area contributed by atoms with Crippen LogP contribution in [0.3, 0.4) is 0 Å². The number of carbonyl (C=O) groups excluding carboxylic acids is 5. The number of hydrogen-bond acceptors (Lipinski definition) is 6. The second kappa shape index (κ2) is 14.5. The number of nitrogens with zero attached hydrogens (tertiary/aromatic N) is 2. The van der Waals surface area contributed by atoms with Gasteiger partial charge in [-0.05, 0) is 49.3 Å². The average Bonchev–Trinajstić information content (AvgIpc) is 3.22. The van der Waals surface area contributed by atoms with Crippen molar-refractivity contribution in [1.82, 2.24) is 20.8 Å². The molecule has 0 bridgehead atoms. The summed E-state index contributed by atoms with van der Waals surface area (Å²) in [5.74, 6) is -4.95. The van der Waals surface area contributed by atoms with Crippen molar-refractivity contribution >= 4 is 35.6 Å². The maximum atomic E-state index is 13.8. The lowest BCUT2D eigenvalue weighted by molar-refractivity contribution is -0.149. The zero-order chi connectivity index (χ0) is 31.0. The Morgan fingerprint density at radius 1 is 0.833 bits per heavy atom. The second-order valence-corrected chi connectivity index (χ2v) is 11.4. The minimum Gasteiger partial charge on any atom is -0.289 e. The fourth-order valence-electron chi connectivity index (χ4n) is 5.08.